The molecule has 8 nitrogen and oxygen atoms in total. The second-order valence-electron chi connectivity index (χ2n) is 10.3. The zero-order chi connectivity index (χ0) is 25.3. The first-order valence-electron chi connectivity index (χ1n) is 11.6. The highest BCUT2D eigenvalue weighted by Gasteiger charge is 2.46. The maximum atomic E-state index is 14.0. The molecule has 1 aliphatic carbocycles. The van der Waals surface area contributed by atoms with Crippen LogP contribution in [0.1, 0.15) is 37.7 Å². The van der Waals surface area contributed by atoms with Crippen LogP contribution in [0, 0.1) is 11.8 Å². The van der Waals surface area contributed by atoms with Crippen molar-refractivity contribution < 1.29 is 32.6 Å². The average Bonchev–Trinajstić information content (AvgIpc) is 3.31. The molecule has 0 aromatic carbocycles. The van der Waals surface area contributed by atoms with Crippen LogP contribution in [-0.2, 0) is 27.2 Å². The highest BCUT2D eigenvalue weighted by molar-refractivity contribution is 6.76. The topological polar surface area (TPSA) is 102 Å². The summed E-state index contributed by atoms with van der Waals surface area (Å²) in [5.41, 5.74) is -2.91. The number of alkyl halides is 3. The number of anilines is 1. The number of carboxylic acids is 1. The first kappa shape index (κ1) is 26.4. The maximum absolute atomic E-state index is 14.0. The van der Waals surface area contributed by atoms with Gasteiger partial charge in [-0.05, 0) is 31.7 Å². The third-order valence-corrected chi connectivity index (χ3v) is 8.31. The van der Waals surface area contributed by atoms with E-state index in [9.17, 15) is 27.6 Å². The van der Waals surface area contributed by atoms with Crippen molar-refractivity contribution >= 4 is 25.5 Å². The zero-order valence-electron chi connectivity index (χ0n) is 19.7. The summed E-state index contributed by atoms with van der Waals surface area (Å²) in [7, 11) is -1.40. The van der Waals surface area contributed by atoms with Crippen molar-refractivity contribution in [1.82, 2.24) is 9.78 Å². The van der Waals surface area contributed by atoms with Crippen LogP contribution in [-0.4, -0.2) is 53.9 Å². The van der Waals surface area contributed by atoms with Gasteiger partial charge in [0.15, 0.2) is 0 Å². The molecule has 2 heterocycles. The summed E-state index contributed by atoms with van der Waals surface area (Å²) >= 11 is 0. The summed E-state index contributed by atoms with van der Waals surface area (Å²) in [5, 5.41) is 13.0. The van der Waals surface area contributed by atoms with Crippen LogP contribution in [0.15, 0.2) is 11.0 Å². The van der Waals surface area contributed by atoms with Gasteiger partial charge in [0.25, 0.3) is 5.56 Å². The molecule has 2 unspecified atom stereocenters. The molecule has 2 aliphatic rings. The summed E-state index contributed by atoms with van der Waals surface area (Å²) in [5.74, 6) is -2.46. The van der Waals surface area contributed by atoms with Crippen LogP contribution in [0.25, 0.3) is 0 Å². The molecule has 1 N–H and O–H groups in total. The zero-order valence-corrected chi connectivity index (χ0v) is 20.7. The van der Waals surface area contributed by atoms with Crippen LogP contribution >= 0.6 is 0 Å². The number of halogens is 3. The van der Waals surface area contributed by atoms with Crippen LogP contribution < -0.4 is 10.5 Å². The lowest BCUT2D eigenvalue weighted by atomic mass is 9.92. The van der Waals surface area contributed by atoms with Crippen LogP contribution in [0.2, 0.25) is 25.7 Å². The Kier molecular flexibility index (Phi) is 7.91. The first-order chi connectivity index (χ1) is 15.8. The molecule has 0 bridgehead atoms. The van der Waals surface area contributed by atoms with Crippen molar-refractivity contribution in [2.24, 2.45) is 11.8 Å². The van der Waals surface area contributed by atoms with E-state index in [2.05, 4.69) is 24.7 Å². The highest BCUT2D eigenvalue weighted by Crippen LogP contribution is 2.42. The summed E-state index contributed by atoms with van der Waals surface area (Å²) in [6.45, 7) is 6.66. The Morgan fingerprint density at radius 2 is 1.94 bits per heavy atom. The van der Waals surface area contributed by atoms with Gasteiger partial charge in [-0.3, -0.25) is 14.4 Å². The lowest BCUT2D eigenvalue weighted by Crippen LogP contribution is -2.42. The molecule has 0 amide bonds. The number of ether oxygens (including phenoxy) is 1. The van der Waals surface area contributed by atoms with E-state index in [1.165, 1.54) is 4.90 Å². The van der Waals surface area contributed by atoms with Crippen LogP contribution in [0.5, 0.6) is 0 Å². The first-order valence-corrected chi connectivity index (χ1v) is 15.3. The smallest absolute Gasteiger partial charge is 0.423 e. The summed E-state index contributed by atoms with van der Waals surface area (Å²) in [6, 6.07) is 0.289. The minimum Gasteiger partial charge on any atom is -0.481 e. The van der Waals surface area contributed by atoms with E-state index in [0.29, 0.717) is 37.0 Å². The minimum absolute atomic E-state index is 0.218. The molecule has 1 aromatic rings. The fraction of sp³-hybridized carbons (Fsp3) is 0.727. The Bertz CT molecular complexity index is 976. The third-order valence-electron chi connectivity index (χ3n) is 6.61. The van der Waals surface area contributed by atoms with Gasteiger partial charge >= 0.3 is 12.1 Å². The second-order valence-corrected chi connectivity index (χ2v) is 16.0. The summed E-state index contributed by atoms with van der Waals surface area (Å²) in [6.07, 6.45) is -2.25. The molecule has 1 saturated carbocycles. The molecular weight excluding hydrogens is 471 g/mol. The molecule has 0 radical (unpaired) electrons. The number of nitrogens with zero attached hydrogens (tertiary/aromatic N) is 3. The van der Waals surface area contributed by atoms with Gasteiger partial charge in [0.2, 0.25) is 0 Å². The molecule has 190 valence electrons. The number of rotatable bonds is 9. The van der Waals surface area contributed by atoms with E-state index in [4.69, 9.17) is 9.84 Å². The molecule has 1 aromatic heterocycles. The minimum atomic E-state index is -4.91. The van der Waals surface area contributed by atoms with Crippen molar-refractivity contribution in [1.29, 1.82) is 0 Å². The Labute approximate surface area is 197 Å². The predicted octanol–water partition coefficient (Wildman–Crippen LogP) is 3.61. The largest absolute Gasteiger partial charge is 0.481 e. The van der Waals surface area contributed by atoms with Gasteiger partial charge in [-0.1, -0.05) is 19.6 Å². The molecular formula is C22H32F3N3O5Si. The van der Waals surface area contributed by atoms with Gasteiger partial charge in [-0.15, -0.1) is 0 Å². The van der Waals surface area contributed by atoms with Gasteiger partial charge in [-0.25, -0.2) is 4.68 Å². The van der Waals surface area contributed by atoms with E-state index in [-0.39, 0.29) is 31.2 Å². The Morgan fingerprint density at radius 3 is 2.56 bits per heavy atom. The van der Waals surface area contributed by atoms with E-state index in [0.717, 1.165) is 12.2 Å². The highest BCUT2D eigenvalue weighted by atomic mass is 28.3. The maximum Gasteiger partial charge on any atom is 0.423 e. The molecule has 3 atom stereocenters. The summed E-state index contributed by atoms with van der Waals surface area (Å²) in [4.78, 5) is 38.1. The van der Waals surface area contributed by atoms with Crippen molar-refractivity contribution in [2.45, 2.75) is 76.7 Å². The lowest BCUT2D eigenvalue weighted by Gasteiger charge is -2.32. The van der Waals surface area contributed by atoms with Crippen molar-refractivity contribution in [2.75, 3.05) is 18.1 Å². The van der Waals surface area contributed by atoms with Crippen molar-refractivity contribution in [3.05, 3.63) is 22.1 Å². The van der Waals surface area contributed by atoms with E-state index in [1.54, 1.807) is 0 Å². The number of carbonyl (C=O) groups excluding carboxylic acids is 1. The number of aromatic nitrogens is 2. The fourth-order valence-electron chi connectivity index (χ4n) is 4.86. The fourth-order valence-corrected chi connectivity index (χ4v) is 5.62. The number of hydrogen-bond donors (Lipinski definition) is 1. The Balaban J connectivity index is 1.85. The average molecular weight is 504 g/mol. The van der Waals surface area contributed by atoms with Gasteiger partial charge < -0.3 is 14.7 Å². The van der Waals surface area contributed by atoms with Crippen molar-refractivity contribution in [3.8, 4) is 0 Å². The Morgan fingerprint density at radius 1 is 1.24 bits per heavy atom. The number of hydrogen-bond acceptors (Lipinski definition) is 6. The standard InChI is InChI=1S/C22H32F3N3O5Si/c1-34(2,3)10-9-33-13-28-21(32)19(22(23,24)25)17(12-26-28)27-8-4-5-16(27)15-7-6-14(20(15)31)11-18(29)30/h12,14-16H,4-11,13H2,1-3H3,(H,29,30)/t14?,15?,16-/m0/s1. The molecule has 1 aliphatic heterocycles. The molecule has 1 saturated heterocycles. The second kappa shape index (κ2) is 10.2. The van der Waals surface area contributed by atoms with Gasteiger partial charge in [0, 0.05) is 39.1 Å². The molecule has 3 rings (SSSR count). The van der Waals surface area contributed by atoms with E-state index >= 15 is 0 Å². The molecule has 2 fully saturated rings. The number of Topliss-reactive ketones (excluding diaryl/α,β-unsaturated/α-hetero) is 1. The number of carbonyl (C=O) groups is 2. The predicted molar refractivity (Wildman–Crippen MR) is 121 cm³/mol. The normalized spacial score (nSPS) is 23.6. The summed E-state index contributed by atoms with van der Waals surface area (Å²) < 4.78 is 48.2. The lowest BCUT2D eigenvalue weighted by molar-refractivity contribution is -0.140. The van der Waals surface area contributed by atoms with Crippen LogP contribution in [0.3, 0.4) is 0 Å². The SMILES string of the molecule is C[Si](C)(C)CCOCn1ncc(N2CCC[C@H]2C2CCC(CC(=O)O)C2=O)c(C(F)(F)F)c1=O. The molecule has 0 spiro atoms. The van der Waals surface area contributed by atoms with Crippen molar-refractivity contribution in [3.63, 3.8) is 0 Å². The quantitative estimate of drug-likeness (QED) is 0.406. The van der Waals surface area contributed by atoms with Crippen LogP contribution in [0.4, 0.5) is 18.9 Å². The number of carboxylic acid groups (broad SMARTS) is 1. The van der Waals surface area contributed by atoms with Gasteiger partial charge in [0.1, 0.15) is 18.1 Å². The molecule has 34 heavy (non-hydrogen) atoms. The molecule has 12 heteroatoms. The number of ketones is 1. The monoisotopic (exact) mass is 503 g/mol. The van der Waals surface area contributed by atoms with Gasteiger partial charge in [-0.2, -0.15) is 18.3 Å². The van der Waals surface area contributed by atoms with E-state index < -0.39 is 49.2 Å². The van der Waals surface area contributed by atoms with E-state index in [1.807, 2.05) is 0 Å². The Hall–Kier alpha value is -2.21. The third kappa shape index (κ3) is 6.07. The number of aliphatic carboxylic acids is 1. The van der Waals surface area contributed by atoms with Gasteiger partial charge in [0.05, 0.1) is 18.3 Å².